The number of halogens is 1. The van der Waals surface area contributed by atoms with Gasteiger partial charge in [-0.1, -0.05) is 31.5 Å². The lowest BCUT2D eigenvalue weighted by molar-refractivity contribution is 0.464. The standard InChI is InChI=1S/C16H24N6.HI/c1-4-5-9-22(3)16(17-2)18-11-13-7-6-8-14(10-13)15-19-12-20-21-15;/h6-8,10,12H,4-5,9,11H2,1-3H3,(H,17,18)(H,19,20,21);1H. The number of guanidine groups is 1. The van der Waals surface area contributed by atoms with E-state index in [4.69, 9.17) is 0 Å². The summed E-state index contributed by atoms with van der Waals surface area (Å²) in [6.07, 6.45) is 3.86. The molecule has 0 aliphatic heterocycles. The molecule has 0 bridgehead atoms. The van der Waals surface area contributed by atoms with Gasteiger partial charge < -0.3 is 10.2 Å². The summed E-state index contributed by atoms with van der Waals surface area (Å²) in [5.41, 5.74) is 2.21. The molecule has 0 spiro atoms. The Morgan fingerprint density at radius 2 is 2.22 bits per heavy atom. The number of aliphatic imine (C=N–C) groups is 1. The smallest absolute Gasteiger partial charge is 0.193 e. The monoisotopic (exact) mass is 428 g/mol. The highest BCUT2D eigenvalue weighted by molar-refractivity contribution is 14.0. The van der Waals surface area contributed by atoms with Gasteiger partial charge in [-0.05, 0) is 18.1 Å². The van der Waals surface area contributed by atoms with Crippen molar-refractivity contribution < 1.29 is 0 Å². The molecule has 0 atom stereocenters. The van der Waals surface area contributed by atoms with Crippen LogP contribution in [-0.2, 0) is 6.54 Å². The summed E-state index contributed by atoms with van der Waals surface area (Å²) in [5, 5.41) is 10.2. The fourth-order valence-corrected chi connectivity index (χ4v) is 2.24. The summed E-state index contributed by atoms with van der Waals surface area (Å²) in [5.74, 6) is 1.70. The van der Waals surface area contributed by atoms with E-state index in [1.807, 2.05) is 19.2 Å². The van der Waals surface area contributed by atoms with E-state index >= 15 is 0 Å². The van der Waals surface area contributed by atoms with E-state index in [-0.39, 0.29) is 24.0 Å². The molecular formula is C16H25IN6. The predicted molar refractivity (Wildman–Crippen MR) is 105 cm³/mol. The van der Waals surface area contributed by atoms with Crippen LogP contribution in [0.15, 0.2) is 35.6 Å². The van der Waals surface area contributed by atoms with Gasteiger partial charge in [0.15, 0.2) is 11.8 Å². The minimum absolute atomic E-state index is 0. The molecule has 0 saturated carbocycles. The summed E-state index contributed by atoms with van der Waals surface area (Å²) in [6, 6.07) is 8.24. The molecule has 23 heavy (non-hydrogen) atoms. The number of H-pyrrole nitrogens is 1. The highest BCUT2D eigenvalue weighted by Gasteiger charge is 2.06. The molecule has 6 nitrogen and oxygen atoms in total. The molecule has 2 aromatic rings. The first-order valence-corrected chi connectivity index (χ1v) is 7.61. The Hall–Kier alpha value is -1.64. The summed E-state index contributed by atoms with van der Waals surface area (Å²) in [6.45, 7) is 3.93. The van der Waals surface area contributed by atoms with Gasteiger partial charge >= 0.3 is 0 Å². The quantitative estimate of drug-likeness (QED) is 0.422. The van der Waals surface area contributed by atoms with Crippen LogP contribution in [-0.4, -0.2) is 46.7 Å². The number of aromatic amines is 1. The van der Waals surface area contributed by atoms with Gasteiger partial charge in [0, 0.05) is 32.7 Å². The van der Waals surface area contributed by atoms with Crippen molar-refractivity contribution in [1.82, 2.24) is 25.4 Å². The number of aromatic nitrogens is 3. The Morgan fingerprint density at radius 1 is 1.39 bits per heavy atom. The van der Waals surface area contributed by atoms with Crippen molar-refractivity contribution in [2.45, 2.75) is 26.3 Å². The van der Waals surface area contributed by atoms with E-state index in [1.54, 1.807) is 0 Å². The summed E-state index contributed by atoms with van der Waals surface area (Å²) in [4.78, 5) is 10.7. The van der Waals surface area contributed by atoms with E-state index in [1.165, 1.54) is 18.3 Å². The lowest BCUT2D eigenvalue weighted by Gasteiger charge is -2.21. The second-order valence-electron chi connectivity index (χ2n) is 5.21. The predicted octanol–water partition coefficient (Wildman–Crippen LogP) is 2.90. The van der Waals surface area contributed by atoms with Gasteiger partial charge in [0.2, 0.25) is 0 Å². The van der Waals surface area contributed by atoms with E-state index in [2.05, 4.69) is 56.5 Å². The molecule has 0 aliphatic carbocycles. The molecule has 2 N–H and O–H groups in total. The molecule has 126 valence electrons. The van der Waals surface area contributed by atoms with Gasteiger partial charge in [0.1, 0.15) is 6.33 Å². The van der Waals surface area contributed by atoms with Gasteiger partial charge in [-0.3, -0.25) is 10.1 Å². The van der Waals surface area contributed by atoms with Crippen LogP contribution in [0.3, 0.4) is 0 Å². The average Bonchev–Trinajstić information content (AvgIpc) is 3.08. The Morgan fingerprint density at radius 3 is 2.87 bits per heavy atom. The van der Waals surface area contributed by atoms with Crippen LogP contribution in [0.25, 0.3) is 11.4 Å². The first-order chi connectivity index (χ1) is 10.7. The SMILES string of the molecule is CCCCN(C)C(=NC)NCc1cccc(-c2ncn[nH]2)c1.I. The molecule has 1 aromatic heterocycles. The molecule has 0 amide bonds. The molecule has 7 heteroatoms. The van der Waals surface area contributed by atoms with E-state index < -0.39 is 0 Å². The third-order valence-electron chi connectivity index (χ3n) is 3.49. The van der Waals surface area contributed by atoms with Gasteiger partial charge in [0.05, 0.1) is 0 Å². The molecule has 0 radical (unpaired) electrons. The van der Waals surface area contributed by atoms with Gasteiger partial charge in [0.25, 0.3) is 0 Å². The van der Waals surface area contributed by atoms with Crippen LogP contribution in [0.4, 0.5) is 0 Å². The maximum atomic E-state index is 4.33. The molecule has 0 unspecified atom stereocenters. The number of nitrogens with zero attached hydrogens (tertiary/aromatic N) is 4. The maximum Gasteiger partial charge on any atom is 0.193 e. The Balaban J connectivity index is 0.00000264. The molecule has 0 fully saturated rings. The van der Waals surface area contributed by atoms with Crippen molar-refractivity contribution in [3.05, 3.63) is 36.2 Å². The van der Waals surface area contributed by atoms with Crippen LogP contribution in [0, 0.1) is 0 Å². The van der Waals surface area contributed by atoms with Crippen molar-refractivity contribution >= 4 is 29.9 Å². The van der Waals surface area contributed by atoms with Crippen LogP contribution in [0.2, 0.25) is 0 Å². The Bertz CT molecular complexity index is 596. The van der Waals surface area contributed by atoms with Crippen molar-refractivity contribution in [3.8, 4) is 11.4 Å². The van der Waals surface area contributed by atoms with Crippen molar-refractivity contribution in [1.29, 1.82) is 0 Å². The van der Waals surface area contributed by atoms with Gasteiger partial charge in [-0.25, -0.2) is 4.98 Å². The Labute approximate surface area is 154 Å². The maximum absolute atomic E-state index is 4.33. The number of unbranched alkanes of at least 4 members (excludes halogenated alkanes) is 1. The molecule has 1 aromatic carbocycles. The van der Waals surface area contributed by atoms with E-state index in [0.29, 0.717) is 0 Å². The summed E-state index contributed by atoms with van der Waals surface area (Å²) < 4.78 is 0. The number of rotatable bonds is 6. The van der Waals surface area contributed by atoms with Gasteiger partial charge in [-0.15, -0.1) is 24.0 Å². The summed E-state index contributed by atoms with van der Waals surface area (Å²) in [7, 11) is 3.88. The number of hydrogen-bond donors (Lipinski definition) is 2. The third-order valence-corrected chi connectivity index (χ3v) is 3.49. The molecule has 0 aliphatic rings. The zero-order valence-electron chi connectivity index (χ0n) is 13.9. The fourth-order valence-electron chi connectivity index (χ4n) is 2.24. The van der Waals surface area contributed by atoms with E-state index in [9.17, 15) is 0 Å². The average molecular weight is 428 g/mol. The highest BCUT2D eigenvalue weighted by Crippen LogP contribution is 2.15. The second kappa shape index (κ2) is 10.2. The lowest BCUT2D eigenvalue weighted by Crippen LogP contribution is -2.38. The van der Waals surface area contributed by atoms with Crippen molar-refractivity contribution in [2.24, 2.45) is 4.99 Å². The minimum Gasteiger partial charge on any atom is -0.352 e. The highest BCUT2D eigenvalue weighted by atomic mass is 127. The first kappa shape index (κ1) is 19.4. The molecule has 1 heterocycles. The van der Waals surface area contributed by atoms with Crippen LogP contribution >= 0.6 is 24.0 Å². The first-order valence-electron chi connectivity index (χ1n) is 7.61. The number of nitrogens with one attached hydrogen (secondary N) is 2. The Kier molecular flexibility index (Phi) is 8.60. The number of hydrogen-bond acceptors (Lipinski definition) is 3. The zero-order valence-corrected chi connectivity index (χ0v) is 16.2. The minimum atomic E-state index is 0. The zero-order chi connectivity index (χ0) is 15.8. The molecular weight excluding hydrogens is 403 g/mol. The fraction of sp³-hybridized carbons (Fsp3) is 0.438. The topological polar surface area (TPSA) is 69.2 Å². The summed E-state index contributed by atoms with van der Waals surface area (Å²) >= 11 is 0. The van der Waals surface area contributed by atoms with Crippen LogP contribution < -0.4 is 5.32 Å². The normalized spacial score (nSPS) is 11.0. The van der Waals surface area contributed by atoms with E-state index in [0.717, 1.165) is 36.9 Å². The molecule has 2 rings (SSSR count). The third kappa shape index (κ3) is 5.81. The van der Waals surface area contributed by atoms with Crippen molar-refractivity contribution in [2.75, 3.05) is 20.6 Å². The second-order valence-corrected chi connectivity index (χ2v) is 5.21. The number of benzene rings is 1. The van der Waals surface area contributed by atoms with Crippen LogP contribution in [0.5, 0.6) is 0 Å². The van der Waals surface area contributed by atoms with Gasteiger partial charge in [-0.2, -0.15) is 5.10 Å². The van der Waals surface area contributed by atoms with Crippen LogP contribution in [0.1, 0.15) is 25.3 Å². The lowest BCUT2D eigenvalue weighted by atomic mass is 10.1. The molecule has 0 saturated heterocycles. The largest absolute Gasteiger partial charge is 0.352 e. The van der Waals surface area contributed by atoms with Crippen molar-refractivity contribution in [3.63, 3.8) is 0 Å².